The maximum atomic E-state index is 5.25. The summed E-state index contributed by atoms with van der Waals surface area (Å²) in [6, 6.07) is 67.8. The van der Waals surface area contributed by atoms with Gasteiger partial charge < -0.3 is 8.97 Å². The Balaban J connectivity index is 1.16. The van der Waals surface area contributed by atoms with Crippen LogP contribution in [0.15, 0.2) is 188 Å². The zero-order valence-corrected chi connectivity index (χ0v) is 28.2. The summed E-state index contributed by atoms with van der Waals surface area (Å²) < 4.78 is 4.88. The van der Waals surface area contributed by atoms with E-state index < -0.39 is 0 Å². The summed E-state index contributed by atoms with van der Waals surface area (Å²) in [5.74, 6) is 0. The van der Waals surface area contributed by atoms with Gasteiger partial charge in [0.25, 0.3) is 0 Å². The Labute approximate surface area is 300 Å². The van der Waals surface area contributed by atoms with Gasteiger partial charge in [-0.05, 0) is 71.1 Å². The molecule has 0 radical (unpaired) electrons. The van der Waals surface area contributed by atoms with E-state index in [-0.39, 0.29) is 0 Å². The highest BCUT2D eigenvalue weighted by Gasteiger charge is 2.18. The molecule has 7 aromatic carbocycles. The summed E-state index contributed by atoms with van der Waals surface area (Å²) in [4.78, 5) is 5.25. The van der Waals surface area contributed by atoms with E-state index in [2.05, 4.69) is 197 Å². The molecule has 0 fully saturated rings. The number of hydrogen-bond acceptors (Lipinski definition) is 1. The fourth-order valence-corrected chi connectivity index (χ4v) is 8.28. The van der Waals surface area contributed by atoms with Crippen molar-refractivity contribution in [3.05, 3.63) is 188 Å². The molecule has 0 amide bonds. The molecular weight excluding hydrogens is 631 g/mol. The lowest BCUT2D eigenvalue weighted by Gasteiger charge is -2.13. The van der Waals surface area contributed by atoms with E-state index in [1.807, 2.05) is 0 Å². The van der Waals surface area contributed by atoms with Crippen molar-refractivity contribution in [3.8, 4) is 39.3 Å². The first-order valence-corrected chi connectivity index (χ1v) is 17.8. The number of benzene rings is 7. The average Bonchev–Trinajstić information content (AvgIpc) is 3.76. The monoisotopic (exact) mass is 661 g/mol. The Morgan fingerprint density at radius 1 is 0.308 bits per heavy atom. The molecule has 3 nitrogen and oxygen atoms in total. The Bertz CT molecular complexity index is 3110. The van der Waals surface area contributed by atoms with Crippen molar-refractivity contribution in [1.29, 1.82) is 0 Å². The third-order valence-corrected chi connectivity index (χ3v) is 10.6. The van der Waals surface area contributed by atoms with Crippen LogP contribution >= 0.6 is 0 Å². The van der Waals surface area contributed by atoms with Gasteiger partial charge >= 0.3 is 0 Å². The van der Waals surface area contributed by atoms with Crippen molar-refractivity contribution in [3.63, 3.8) is 0 Å². The van der Waals surface area contributed by atoms with Gasteiger partial charge in [-0.25, -0.2) is 4.98 Å². The van der Waals surface area contributed by atoms with Crippen LogP contribution in [0.1, 0.15) is 0 Å². The van der Waals surface area contributed by atoms with Crippen molar-refractivity contribution in [2.45, 2.75) is 0 Å². The Kier molecular flexibility index (Phi) is 6.25. The molecule has 0 atom stereocenters. The van der Waals surface area contributed by atoms with Crippen molar-refractivity contribution in [2.75, 3.05) is 0 Å². The van der Waals surface area contributed by atoms with Gasteiger partial charge in [0.15, 0.2) is 0 Å². The van der Waals surface area contributed by atoms with Crippen LogP contribution in [0.2, 0.25) is 0 Å². The second-order valence-electron chi connectivity index (χ2n) is 13.6. The standard InChI is InChI=1S/C49H31N3/c1-3-14-32(15-4-1)35-27-43(33-16-5-2-6-17-33)50-44(28-35)34-18-13-19-37(26-34)51-45-24-11-10-23-41(45)42-31-47-36(30-49(42)51)29-48-40-22-8-7-20-38(40)39-21-9-12-25-46(39)52(47)48/h1-31H. The molecule has 0 aliphatic rings. The average molecular weight is 662 g/mol. The van der Waals surface area contributed by atoms with Crippen LogP contribution in [0.4, 0.5) is 0 Å². The first-order valence-electron chi connectivity index (χ1n) is 17.8. The number of nitrogens with zero attached hydrogens (tertiary/aromatic N) is 3. The van der Waals surface area contributed by atoms with Crippen LogP contribution in [0.25, 0.3) is 99.2 Å². The minimum absolute atomic E-state index is 0.947. The number of aromatic nitrogens is 3. The third kappa shape index (κ3) is 4.36. The third-order valence-electron chi connectivity index (χ3n) is 10.6. The van der Waals surface area contributed by atoms with Crippen molar-refractivity contribution >= 4 is 59.9 Å². The van der Waals surface area contributed by atoms with E-state index in [0.717, 1.165) is 33.8 Å². The van der Waals surface area contributed by atoms with Crippen LogP contribution in [0.5, 0.6) is 0 Å². The SMILES string of the molecule is c1ccc(-c2cc(-c3ccccc3)nc(-c3cccc(-n4c5ccccc5c5cc6c(cc54)cc4c5ccccc5c5ccccc5n64)c3)c2)cc1. The zero-order chi connectivity index (χ0) is 34.2. The van der Waals surface area contributed by atoms with Crippen LogP contribution in [-0.2, 0) is 0 Å². The maximum absolute atomic E-state index is 5.25. The van der Waals surface area contributed by atoms with E-state index in [9.17, 15) is 0 Å². The largest absolute Gasteiger partial charge is 0.309 e. The van der Waals surface area contributed by atoms with Crippen LogP contribution in [-0.4, -0.2) is 14.0 Å². The van der Waals surface area contributed by atoms with Crippen molar-refractivity contribution in [1.82, 2.24) is 14.0 Å². The highest BCUT2D eigenvalue weighted by molar-refractivity contribution is 6.19. The molecule has 3 heteroatoms. The maximum Gasteiger partial charge on any atom is 0.0716 e. The predicted octanol–water partition coefficient (Wildman–Crippen LogP) is 12.9. The summed E-state index contributed by atoms with van der Waals surface area (Å²) in [7, 11) is 0. The van der Waals surface area contributed by atoms with Gasteiger partial charge in [-0.1, -0.05) is 133 Å². The molecule has 0 saturated carbocycles. The summed E-state index contributed by atoms with van der Waals surface area (Å²) in [6.07, 6.45) is 0. The van der Waals surface area contributed by atoms with Gasteiger partial charge in [0.1, 0.15) is 0 Å². The summed E-state index contributed by atoms with van der Waals surface area (Å²) in [5, 5.41) is 7.51. The van der Waals surface area contributed by atoms with Crippen molar-refractivity contribution in [2.24, 2.45) is 0 Å². The number of pyridine rings is 2. The number of fused-ring (bicyclic) bond motifs is 11. The van der Waals surface area contributed by atoms with Crippen LogP contribution < -0.4 is 0 Å². The van der Waals surface area contributed by atoms with Crippen LogP contribution in [0.3, 0.4) is 0 Å². The van der Waals surface area contributed by atoms with Crippen LogP contribution in [0, 0.1) is 0 Å². The lowest BCUT2D eigenvalue weighted by molar-refractivity contribution is 1.18. The van der Waals surface area contributed by atoms with Gasteiger partial charge in [0, 0.05) is 43.7 Å². The molecular formula is C49H31N3. The Hall–Kier alpha value is -6.97. The fourth-order valence-electron chi connectivity index (χ4n) is 8.28. The minimum atomic E-state index is 0.947. The molecule has 0 aliphatic carbocycles. The van der Waals surface area contributed by atoms with E-state index in [1.165, 1.54) is 65.5 Å². The molecule has 0 spiro atoms. The molecule has 11 rings (SSSR count). The second-order valence-corrected chi connectivity index (χ2v) is 13.6. The van der Waals surface area contributed by atoms with E-state index in [4.69, 9.17) is 4.98 Å². The minimum Gasteiger partial charge on any atom is -0.309 e. The van der Waals surface area contributed by atoms with Crippen molar-refractivity contribution < 1.29 is 0 Å². The lowest BCUT2D eigenvalue weighted by Crippen LogP contribution is -1.96. The van der Waals surface area contributed by atoms with Gasteiger partial charge in [-0.2, -0.15) is 0 Å². The molecule has 0 unspecified atom stereocenters. The highest BCUT2D eigenvalue weighted by atomic mass is 15.0. The van der Waals surface area contributed by atoms with Gasteiger partial charge in [0.05, 0.1) is 39.0 Å². The molecule has 0 saturated heterocycles. The topological polar surface area (TPSA) is 22.2 Å². The Morgan fingerprint density at radius 3 is 1.62 bits per heavy atom. The number of para-hydroxylation sites is 2. The smallest absolute Gasteiger partial charge is 0.0716 e. The van der Waals surface area contributed by atoms with Gasteiger partial charge in [-0.3, -0.25) is 0 Å². The Morgan fingerprint density at radius 2 is 0.865 bits per heavy atom. The molecule has 0 bridgehead atoms. The molecule has 0 aliphatic heterocycles. The molecule has 242 valence electrons. The van der Waals surface area contributed by atoms with E-state index in [1.54, 1.807) is 0 Å². The second kappa shape index (κ2) is 11.3. The quantitative estimate of drug-likeness (QED) is 0.172. The molecule has 52 heavy (non-hydrogen) atoms. The number of hydrogen-bond donors (Lipinski definition) is 0. The molecule has 11 aromatic rings. The molecule has 4 heterocycles. The fraction of sp³-hybridized carbons (Fsp3) is 0. The van der Waals surface area contributed by atoms with Gasteiger partial charge in [-0.15, -0.1) is 0 Å². The normalized spacial score (nSPS) is 11.8. The summed E-state index contributed by atoms with van der Waals surface area (Å²) in [5.41, 5.74) is 13.6. The van der Waals surface area contributed by atoms with E-state index >= 15 is 0 Å². The predicted molar refractivity (Wildman–Crippen MR) is 218 cm³/mol. The molecule has 4 aromatic heterocycles. The molecule has 0 N–H and O–H groups in total. The van der Waals surface area contributed by atoms with Gasteiger partial charge in [0.2, 0.25) is 0 Å². The first kappa shape index (κ1) is 28.8. The van der Waals surface area contributed by atoms with E-state index in [0.29, 0.717) is 0 Å². The number of rotatable bonds is 4. The first-order chi connectivity index (χ1) is 25.8. The highest BCUT2D eigenvalue weighted by Crippen LogP contribution is 2.40. The summed E-state index contributed by atoms with van der Waals surface area (Å²) in [6.45, 7) is 0. The summed E-state index contributed by atoms with van der Waals surface area (Å²) >= 11 is 0. The lowest BCUT2D eigenvalue weighted by atomic mass is 10.00. The zero-order valence-electron chi connectivity index (χ0n) is 28.2.